The van der Waals surface area contributed by atoms with Crippen LogP contribution in [0.5, 0.6) is 0 Å². The van der Waals surface area contributed by atoms with Crippen molar-refractivity contribution in [2.45, 2.75) is 45.3 Å². The van der Waals surface area contributed by atoms with Crippen molar-refractivity contribution in [1.29, 1.82) is 0 Å². The molecule has 2 heterocycles. The lowest BCUT2D eigenvalue weighted by Gasteiger charge is -2.38. The molecule has 2 N–H and O–H groups in total. The summed E-state index contributed by atoms with van der Waals surface area (Å²) in [6, 6.07) is 10.9. The van der Waals surface area contributed by atoms with Gasteiger partial charge in [0, 0.05) is 35.9 Å². The maximum absolute atomic E-state index is 14.0. The summed E-state index contributed by atoms with van der Waals surface area (Å²) in [4.78, 5) is 29.0. The summed E-state index contributed by atoms with van der Waals surface area (Å²) in [6.07, 6.45) is 2.43. The quantitative estimate of drug-likeness (QED) is 0.575. The van der Waals surface area contributed by atoms with Gasteiger partial charge in [0.15, 0.2) is 0 Å². The van der Waals surface area contributed by atoms with Crippen LogP contribution in [-0.2, 0) is 4.74 Å². The SMILES string of the molecule is CC(C)(C)OC(=O)N1CCC(N(C(=O)Nc2ccc3cn[nH]c3c2)c2cccc(F)c2)CC1. The zero-order valence-electron chi connectivity index (χ0n) is 19.0. The molecular formula is C24H28FN5O3. The molecular weight excluding hydrogens is 425 g/mol. The predicted octanol–water partition coefficient (Wildman–Crippen LogP) is 5.14. The number of anilines is 2. The summed E-state index contributed by atoms with van der Waals surface area (Å²) in [5, 5.41) is 10.7. The number of hydrogen-bond acceptors (Lipinski definition) is 4. The molecule has 0 unspecified atom stereocenters. The van der Waals surface area contributed by atoms with E-state index in [1.165, 1.54) is 12.1 Å². The lowest BCUT2D eigenvalue weighted by Crippen LogP contribution is -2.51. The van der Waals surface area contributed by atoms with Crippen LogP contribution < -0.4 is 10.2 Å². The molecule has 8 nitrogen and oxygen atoms in total. The van der Waals surface area contributed by atoms with Gasteiger partial charge in [-0.15, -0.1) is 0 Å². The second kappa shape index (κ2) is 9.09. The number of fused-ring (bicyclic) bond motifs is 1. The number of aromatic amines is 1. The van der Waals surface area contributed by atoms with Crippen LogP contribution in [0.4, 0.5) is 25.4 Å². The Morgan fingerprint density at radius 1 is 1.18 bits per heavy atom. The van der Waals surface area contributed by atoms with Crippen LogP contribution >= 0.6 is 0 Å². The van der Waals surface area contributed by atoms with Crippen molar-refractivity contribution >= 4 is 34.4 Å². The van der Waals surface area contributed by atoms with Crippen molar-refractivity contribution in [1.82, 2.24) is 15.1 Å². The molecule has 1 aromatic heterocycles. The molecule has 1 fully saturated rings. The Bertz CT molecular complexity index is 1150. The van der Waals surface area contributed by atoms with Crippen molar-refractivity contribution in [2.24, 2.45) is 0 Å². The normalized spacial score (nSPS) is 14.8. The van der Waals surface area contributed by atoms with Crippen molar-refractivity contribution in [3.63, 3.8) is 0 Å². The van der Waals surface area contributed by atoms with E-state index in [9.17, 15) is 14.0 Å². The van der Waals surface area contributed by atoms with Crippen LogP contribution in [0.3, 0.4) is 0 Å². The van der Waals surface area contributed by atoms with E-state index >= 15 is 0 Å². The van der Waals surface area contributed by atoms with Crippen LogP contribution in [0.25, 0.3) is 10.9 Å². The number of urea groups is 1. The molecule has 1 aliphatic heterocycles. The number of piperidine rings is 1. The number of carbonyl (C=O) groups is 2. The summed E-state index contributed by atoms with van der Waals surface area (Å²) in [5.41, 5.74) is 1.29. The topological polar surface area (TPSA) is 90.6 Å². The van der Waals surface area contributed by atoms with E-state index in [-0.39, 0.29) is 18.2 Å². The van der Waals surface area contributed by atoms with Gasteiger partial charge >= 0.3 is 12.1 Å². The Hall–Kier alpha value is -3.62. The average molecular weight is 454 g/mol. The van der Waals surface area contributed by atoms with E-state index in [4.69, 9.17) is 4.74 Å². The number of carbonyl (C=O) groups excluding carboxylic acids is 2. The first-order chi connectivity index (χ1) is 15.7. The van der Waals surface area contributed by atoms with Crippen LogP contribution in [0, 0.1) is 5.82 Å². The number of aromatic nitrogens is 2. The fourth-order valence-electron chi connectivity index (χ4n) is 3.95. The number of nitrogens with one attached hydrogen (secondary N) is 2. The van der Waals surface area contributed by atoms with Gasteiger partial charge in [-0.05, 0) is 70.0 Å². The van der Waals surface area contributed by atoms with Gasteiger partial charge in [-0.3, -0.25) is 10.00 Å². The maximum Gasteiger partial charge on any atom is 0.410 e. The molecule has 174 valence electrons. The zero-order valence-corrected chi connectivity index (χ0v) is 19.0. The highest BCUT2D eigenvalue weighted by Gasteiger charge is 2.32. The van der Waals surface area contributed by atoms with Gasteiger partial charge in [-0.1, -0.05) is 6.07 Å². The standard InChI is InChI=1S/C24H28FN5O3/c1-24(2,3)33-23(32)29-11-9-19(10-12-29)30(20-6-4-5-17(25)13-20)22(31)27-18-8-7-16-15-26-28-21(16)14-18/h4-8,13-15,19H,9-12H2,1-3H3,(H,26,28)(H,27,31). The van der Waals surface area contributed by atoms with Crippen LogP contribution in [0.2, 0.25) is 0 Å². The van der Waals surface area contributed by atoms with Crippen molar-refractivity contribution < 1.29 is 18.7 Å². The second-order valence-corrected chi connectivity index (χ2v) is 9.15. The minimum absolute atomic E-state index is 0.207. The summed E-state index contributed by atoms with van der Waals surface area (Å²) in [7, 11) is 0. The summed E-state index contributed by atoms with van der Waals surface area (Å²) < 4.78 is 19.5. The van der Waals surface area contributed by atoms with Gasteiger partial charge in [-0.2, -0.15) is 5.10 Å². The van der Waals surface area contributed by atoms with Gasteiger partial charge in [0.1, 0.15) is 11.4 Å². The number of ether oxygens (including phenoxy) is 1. The second-order valence-electron chi connectivity index (χ2n) is 9.15. The van der Waals surface area contributed by atoms with Gasteiger partial charge in [0.25, 0.3) is 0 Å². The fraction of sp³-hybridized carbons (Fsp3) is 0.375. The minimum atomic E-state index is -0.572. The summed E-state index contributed by atoms with van der Waals surface area (Å²) in [5.74, 6) is -0.421. The minimum Gasteiger partial charge on any atom is -0.444 e. The number of likely N-dealkylation sites (tertiary alicyclic amines) is 1. The molecule has 0 spiro atoms. The average Bonchev–Trinajstić information content (AvgIpc) is 3.21. The van der Waals surface area contributed by atoms with Crippen LogP contribution in [-0.4, -0.2) is 52.0 Å². The molecule has 0 saturated carbocycles. The van der Waals surface area contributed by atoms with E-state index in [1.807, 2.05) is 26.8 Å². The molecule has 2 aromatic carbocycles. The molecule has 0 atom stereocenters. The molecule has 4 rings (SSSR count). The number of nitrogens with zero attached hydrogens (tertiary/aromatic N) is 3. The highest BCUT2D eigenvalue weighted by atomic mass is 19.1. The van der Waals surface area contributed by atoms with Gasteiger partial charge in [0.2, 0.25) is 0 Å². The summed E-state index contributed by atoms with van der Waals surface area (Å²) in [6.45, 7) is 6.37. The van der Waals surface area contributed by atoms with Gasteiger partial charge < -0.3 is 15.0 Å². The Morgan fingerprint density at radius 3 is 2.64 bits per heavy atom. The molecule has 9 heteroatoms. The van der Waals surface area contributed by atoms with Gasteiger partial charge in [-0.25, -0.2) is 14.0 Å². The van der Waals surface area contributed by atoms with Crippen molar-refractivity contribution in [3.05, 3.63) is 54.5 Å². The fourth-order valence-corrected chi connectivity index (χ4v) is 3.95. The van der Waals surface area contributed by atoms with E-state index in [0.29, 0.717) is 37.3 Å². The lowest BCUT2D eigenvalue weighted by atomic mass is 10.0. The van der Waals surface area contributed by atoms with E-state index in [0.717, 1.165) is 10.9 Å². The molecule has 1 saturated heterocycles. The molecule has 1 aliphatic rings. The molecule has 0 bridgehead atoms. The maximum atomic E-state index is 14.0. The number of rotatable bonds is 3. The molecule has 0 aliphatic carbocycles. The number of halogens is 1. The molecule has 3 aromatic rings. The Kier molecular flexibility index (Phi) is 6.22. The molecule has 0 radical (unpaired) electrons. The molecule has 3 amide bonds. The Balaban J connectivity index is 1.52. The van der Waals surface area contributed by atoms with Gasteiger partial charge in [0.05, 0.1) is 11.7 Å². The van der Waals surface area contributed by atoms with Crippen molar-refractivity contribution in [2.75, 3.05) is 23.3 Å². The first-order valence-corrected chi connectivity index (χ1v) is 11.0. The van der Waals surface area contributed by atoms with Crippen molar-refractivity contribution in [3.8, 4) is 0 Å². The number of amides is 3. The number of H-pyrrole nitrogens is 1. The third-order valence-corrected chi connectivity index (χ3v) is 5.48. The monoisotopic (exact) mass is 453 g/mol. The zero-order chi connectivity index (χ0) is 23.6. The van der Waals surface area contributed by atoms with Crippen LogP contribution in [0.15, 0.2) is 48.7 Å². The number of benzene rings is 2. The first kappa shape index (κ1) is 22.6. The van der Waals surface area contributed by atoms with Crippen LogP contribution in [0.1, 0.15) is 33.6 Å². The largest absolute Gasteiger partial charge is 0.444 e. The predicted molar refractivity (Wildman–Crippen MR) is 125 cm³/mol. The van der Waals surface area contributed by atoms with E-state index in [1.54, 1.807) is 40.3 Å². The smallest absolute Gasteiger partial charge is 0.410 e. The summed E-state index contributed by atoms with van der Waals surface area (Å²) >= 11 is 0. The Labute approximate surface area is 191 Å². The number of hydrogen-bond donors (Lipinski definition) is 2. The highest BCUT2D eigenvalue weighted by molar-refractivity contribution is 6.03. The van der Waals surface area contributed by atoms with E-state index < -0.39 is 11.4 Å². The third-order valence-electron chi connectivity index (χ3n) is 5.48. The molecule has 33 heavy (non-hydrogen) atoms. The van der Waals surface area contributed by atoms with E-state index in [2.05, 4.69) is 15.5 Å². The lowest BCUT2D eigenvalue weighted by molar-refractivity contribution is 0.0206. The Morgan fingerprint density at radius 2 is 1.94 bits per heavy atom. The highest BCUT2D eigenvalue weighted by Crippen LogP contribution is 2.27. The third kappa shape index (κ3) is 5.42. The first-order valence-electron chi connectivity index (χ1n) is 11.0.